The predicted molar refractivity (Wildman–Crippen MR) is 53.7 cm³/mol. The van der Waals surface area contributed by atoms with Crippen LogP contribution in [-0.4, -0.2) is 19.4 Å². The summed E-state index contributed by atoms with van der Waals surface area (Å²) in [5.41, 5.74) is 1.49. The Morgan fingerprint density at radius 1 is 1.64 bits per heavy atom. The molecule has 1 aliphatic carbocycles. The van der Waals surface area contributed by atoms with Crippen molar-refractivity contribution in [3.63, 3.8) is 0 Å². The van der Waals surface area contributed by atoms with Crippen molar-refractivity contribution in [3.05, 3.63) is 23.8 Å². The van der Waals surface area contributed by atoms with E-state index in [1.54, 1.807) is 0 Å². The molecule has 1 aliphatic rings. The van der Waals surface area contributed by atoms with E-state index < -0.39 is 0 Å². The van der Waals surface area contributed by atoms with Crippen LogP contribution in [0.4, 0.5) is 0 Å². The van der Waals surface area contributed by atoms with Crippen LogP contribution in [0, 0.1) is 0 Å². The van der Waals surface area contributed by atoms with Gasteiger partial charge in [-0.15, -0.1) is 0 Å². The van der Waals surface area contributed by atoms with Crippen molar-refractivity contribution in [2.24, 2.45) is 0 Å². The van der Waals surface area contributed by atoms with Crippen molar-refractivity contribution in [3.8, 4) is 0 Å². The Kier molecular flexibility index (Phi) is 4.40. The number of ether oxygens (including phenoxy) is 2. The number of carbonyl (C=O) groups is 1. The molecular formula is C11H16O3. The summed E-state index contributed by atoms with van der Waals surface area (Å²) in [4.78, 5) is 11.4. The Labute approximate surface area is 84.4 Å². The highest BCUT2D eigenvalue weighted by Gasteiger charge is 2.15. The van der Waals surface area contributed by atoms with Crippen molar-refractivity contribution in [1.82, 2.24) is 0 Å². The van der Waals surface area contributed by atoms with Crippen molar-refractivity contribution in [1.29, 1.82) is 0 Å². The number of esters is 1. The van der Waals surface area contributed by atoms with Crippen LogP contribution in [0.3, 0.4) is 0 Å². The topological polar surface area (TPSA) is 35.5 Å². The summed E-state index contributed by atoms with van der Waals surface area (Å²) in [5.74, 6) is -0.369. The van der Waals surface area contributed by atoms with Crippen LogP contribution in [-0.2, 0) is 14.3 Å². The Balaban J connectivity index is 2.33. The van der Waals surface area contributed by atoms with E-state index in [9.17, 15) is 4.79 Å². The summed E-state index contributed by atoms with van der Waals surface area (Å²) in [5, 5.41) is 0. The second kappa shape index (κ2) is 5.60. The van der Waals surface area contributed by atoms with Gasteiger partial charge in [0, 0.05) is 6.61 Å². The van der Waals surface area contributed by atoms with Crippen LogP contribution in [0.25, 0.3) is 0 Å². The van der Waals surface area contributed by atoms with Crippen LogP contribution in [0.2, 0.25) is 0 Å². The van der Waals surface area contributed by atoms with Gasteiger partial charge in [0.2, 0.25) is 0 Å². The van der Waals surface area contributed by atoms with Gasteiger partial charge in [-0.25, -0.2) is 4.79 Å². The minimum absolute atomic E-state index is 0.0155. The van der Waals surface area contributed by atoms with Crippen molar-refractivity contribution >= 4 is 5.97 Å². The zero-order valence-electron chi connectivity index (χ0n) is 8.54. The highest BCUT2D eigenvalue weighted by molar-refractivity contribution is 5.92. The molecule has 0 aromatic rings. The lowest BCUT2D eigenvalue weighted by Crippen LogP contribution is -2.11. The smallest absolute Gasteiger partial charge is 0.339 e. The molecule has 0 aromatic carbocycles. The van der Waals surface area contributed by atoms with E-state index in [1.165, 1.54) is 0 Å². The molecular weight excluding hydrogens is 180 g/mol. The van der Waals surface area contributed by atoms with Gasteiger partial charge in [0.25, 0.3) is 0 Å². The molecule has 3 heteroatoms. The third-order valence-corrected chi connectivity index (χ3v) is 2.15. The van der Waals surface area contributed by atoms with Gasteiger partial charge in [0.05, 0.1) is 5.57 Å². The summed E-state index contributed by atoms with van der Waals surface area (Å²) in [6.07, 6.45) is 5.12. The first kappa shape index (κ1) is 11.0. The normalized spacial score (nSPS) is 15.1. The molecule has 0 saturated heterocycles. The molecule has 1 rings (SSSR count). The van der Waals surface area contributed by atoms with Gasteiger partial charge in [-0.3, -0.25) is 0 Å². The average molecular weight is 196 g/mol. The first-order valence-corrected chi connectivity index (χ1v) is 4.89. The number of hydrogen-bond donors (Lipinski definition) is 0. The van der Waals surface area contributed by atoms with Crippen LogP contribution < -0.4 is 0 Å². The van der Waals surface area contributed by atoms with E-state index in [2.05, 4.69) is 6.58 Å². The lowest BCUT2D eigenvalue weighted by molar-refractivity contribution is -0.150. The molecule has 0 spiro atoms. The Morgan fingerprint density at radius 2 is 2.43 bits per heavy atom. The fraction of sp³-hybridized carbons (Fsp3) is 0.545. The maximum absolute atomic E-state index is 11.4. The maximum atomic E-state index is 11.4. The fourth-order valence-corrected chi connectivity index (χ4v) is 1.34. The van der Waals surface area contributed by atoms with E-state index in [4.69, 9.17) is 9.47 Å². The van der Waals surface area contributed by atoms with Gasteiger partial charge in [-0.1, -0.05) is 12.7 Å². The zero-order valence-corrected chi connectivity index (χ0v) is 8.54. The average Bonchev–Trinajstić information content (AvgIpc) is 2.69. The first-order chi connectivity index (χ1) is 6.75. The van der Waals surface area contributed by atoms with Crippen LogP contribution in [0.15, 0.2) is 23.8 Å². The number of hydrogen-bond acceptors (Lipinski definition) is 3. The quantitative estimate of drug-likeness (QED) is 0.292. The fourth-order valence-electron chi connectivity index (χ4n) is 1.34. The SMILES string of the molecule is C=C(C(=O)OCOCC)C1=CCCC1. The lowest BCUT2D eigenvalue weighted by atomic mass is 10.1. The third kappa shape index (κ3) is 3.00. The van der Waals surface area contributed by atoms with Crippen molar-refractivity contribution < 1.29 is 14.3 Å². The molecule has 0 bridgehead atoms. The van der Waals surface area contributed by atoms with E-state index in [0.717, 1.165) is 24.8 Å². The zero-order chi connectivity index (χ0) is 10.4. The lowest BCUT2D eigenvalue weighted by Gasteiger charge is -2.07. The number of rotatable bonds is 5. The van der Waals surface area contributed by atoms with E-state index >= 15 is 0 Å². The van der Waals surface area contributed by atoms with Crippen molar-refractivity contribution in [2.45, 2.75) is 26.2 Å². The van der Waals surface area contributed by atoms with E-state index in [0.29, 0.717) is 12.2 Å². The predicted octanol–water partition coefficient (Wildman–Crippen LogP) is 2.19. The minimum atomic E-state index is -0.369. The first-order valence-electron chi connectivity index (χ1n) is 4.89. The molecule has 0 saturated carbocycles. The molecule has 0 aromatic heterocycles. The summed E-state index contributed by atoms with van der Waals surface area (Å²) >= 11 is 0. The van der Waals surface area contributed by atoms with Crippen LogP contribution >= 0.6 is 0 Å². The highest BCUT2D eigenvalue weighted by atomic mass is 16.7. The summed E-state index contributed by atoms with van der Waals surface area (Å²) in [6.45, 7) is 6.13. The van der Waals surface area contributed by atoms with Gasteiger partial charge in [-0.2, -0.15) is 0 Å². The minimum Gasteiger partial charge on any atom is -0.435 e. The molecule has 0 atom stereocenters. The van der Waals surface area contributed by atoms with Gasteiger partial charge >= 0.3 is 5.97 Å². The Morgan fingerprint density at radius 3 is 3.00 bits per heavy atom. The number of allylic oxidation sites excluding steroid dienone is 1. The summed E-state index contributed by atoms with van der Waals surface area (Å²) in [6, 6.07) is 0. The second-order valence-corrected chi connectivity index (χ2v) is 3.14. The third-order valence-electron chi connectivity index (χ3n) is 2.15. The van der Waals surface area contributed by atoms with Crippen LogP contribution in [0.5, 0.6) is 0 Å². The van der Waals surface area contributed by atoms with Crippen molar-refractivity contribution in [2.75, 3.05) is 13.4 Å². The molecule has 0 fully saturated rings. The molecule has 0 N–H and O–H groups in total. The van der Waals surface area contributed by atoms with Crippen LogP contribution in [0.1, 0.15) is 26.2 Å². The molecule has 0 aliphatic heterocycles. The molecule has 0 unspecified atom stereocenters. The molecule has 14 heavy (non-hydrogen) atoms. The monoisotopic (exact) mass is 196 g/mol. The second-order valence-electron chi connectivity index (χ2n) is 3.14. The highest BCUT2D eigenvalue weighted by Crippen LogP contribution is 2.24. The van der Waals surface area contributed by atoms with E-state index in [1.807, 2.05) is 13.0 Å². The standard InChI is InChI=1S/C11H16O3/c1-3-13-8-14-11(12)9(2)10-6-4-5-7-10/h6H,2-5,7-8H2,1H3. The van der Waals surface area contributed by atoms with Gasteiger partial charge in [-0.05, 0) is 31.8 Å². The molecule has 78 valence electrons. The molecule has 0 heterocycles. The maximum Gasteiger partial charge on any atom is 0.339 e. The van der Waals surface area contributed by atoms with Gasteiger partial charge < -0.3 is 9.47 Å². The largest absolute Gasteiger partial charge is 0.435 e. The van der Waals surface area contributed by atoms with E-state index in [-0.39, 0.29) is 12.8 Å². The summed E-state index contributed by atoms with van der Waals surface area (Å²) < 4.78 is 9.77. The molecule has 0 amide bonds. The van der Waals surface area contributed by atoms with Gasteiger partial charge in [0.1, 0.15) is 0 Å². The summed E-state index contributed by atoms with van der Waals surface area (Å²) in [7, 11) is 0. The van der Waals surface area contributed by atoms with Gasteiger partial charge in [0.15, 0.2) is 6.79 Å². The molecule has 3 nitrogen and oxygen atoms in total. The Hall–Kier alpha value is -1.09. The Bertz CT molecular complexity index is 253. The molecule has 0 radical (unpaired) electrons. The number of carbonyl (C=O) groups excluding carboxylic acids is 1.